The molecule has 0 saturated carbocycles. The number of hydrogen-bond donors (Lipinski definition) is 2. The molecule has 0 aliphatic carbocycles. The third-order valence-corrected chi connectivity index (χ3v) is 4.65. The monoisotopic (exact) mass is 327 g/mol. The van der Waals surface area contributed by atoms with Crippen LogP contribution in [0.4, 0.5) is 5.82 Å². The number of thiophene rings is 1. The summed E-state index contributed by atoms with van der Waals surface area (Å²) in [6.45, 7) is 5.03. The summed E-state index contributed by atoms with van der Waals surface area (Å²) < 4.78 is 0.437. The van der Waals surface area contributed by atoms with Crippen LogP contribution in [0.5, 0.6) is 0 Å². The first-order chi connectivity index (χ1) is 8.50. The van der Waals surface area contributed by atoms with Gasteiger partial charge >= 0.3 is 0 Å². The Morgan fingerprint density at radius 1 is 1.56 bits per heavy atom. The van der Waals surface area contributed by atoms with E-state index in [1.165, 1.54) is 11.2 Å². The first kappa shape index (κ1) is 13.3. The standard InChI is InChI=1S/C12H14BrN3OS/c1-12(2,8-4-3-5-18-8)6-14-10-9(13)11(17)16-7-15-10/h3-5,7H,6H2,1-2H3,(H2,14,15,16,17). The van der Waals surface area contributed by atoms with Crippen LogP contribution < -0.4 is 10.9 Å². The number of hydrogen-bond acceptors (Lipinski definition) is 4. The van der Waals surface area contributed by atoms with Gasteiger partial charge in [-0.15, -0.1) is 11.3 Å². The number of rotatable bonds is 4. The second-order valence-corrected chi connectivity index (χ2v) is 6.35. The molecule has 0 fully saturated rings. The number of nitrogens with zero attached hydrogens (tertiary/aromatic N) is 1. The topological polar surface area (TPSA) is 57.8 Å². The first-order valence-electron chi connectivity index (χ1n) is 5.52. The Bertz CT molecular complexity index is 577. The van der Waals surface area contributed by atoms with Gasteiger partial charge in [-0.25, -0.2) is 4.98 Å². The van der Waals surface area contributed by atoms with Gasteiger partial charge in [-0.2, -0.15) is 0 Å². The molecule has 0 atom stereocenters. The SMILES string of the molecule is CC(C)(CNc1nc[nH]c(=O)c1Br)c1cccs1. The summed E-state index contributed by atoms with van der Waals surface area (Å²) in [6, 6.07) is 4.16. The lowest BCUT2D eigenvalue weighted by molar-refractivity contribution is 0.568. The summed E-state index contributed by atoms with van der Waals surface area (Å²) in [6.07, 6.45) is 1.40. The maximum Gasteiger partial charge on any atom is 0.267 e. The van der Waals surface area contributed by atoms with E-state index in [4.69, 9.17) is 0 Å². The molecule has 0 unspecified atom stereocenters. The first-order valence-corrected chi connectivity index (χ1v) is 7.19. The van der Waals surface area contributed by atoms with Gasteiger partial charge in [-0.1, -0.05) is 19.9 Å². The molecule has 2 heterocycles. The highest BCUT2D eigenvalue weighted by atomic mass is 79.9. The smallest absolute Gasteiger partial charge is 0.267 e. The van der Waals surface area contributed by atoms with Crippen LogP contribution in [0.3, 0.4) is 0 Å². The fraction of sp³-hybridized carbons (Fsp3) is 0.333. The van der Waals surface area contributed by atoms with E-state index in [-0.39, 0.29) is 11.0 Å². The molecule has 2 aromatic rings. The third kappa shape index (κ3) is 2.81. The molecule has 0 radical (unpaired) electrons. The highest BCUT2D eigenvalue weighted by molar-refractivity contribution is 9.10. The minimum Gasteiger partial charge on any atom is -0.368 e. The highest BCUT2D eigenvalue weighted by Gasteiger charge is 2.22. The second kappa shape index (κ2) is 5.24. The largest absolute Gasteiger partial charge is 0.368 e. The Labute approximate surface area is 118 Å². The zero-order chi connectivity index (χ0) is 13.2. The molecule has 0 aliphatic rings. The lowest BCUT2D eigenvalue weighted by Crippen LogP contribution is -2.27. The molecule has 0 aliphatic heterocycles. The Balaban J connectivity index is 2.12. The van der Waals surface area contributed by atoms with Gasteiger partial charge in [0.05, 0.1) is 6.33 Å². The van der Waals surface area contributed by atoms with Crippen molar-refractivity contribution in [2.45, 2.75) is 19.3 Å². The van der Waals surface area contributed by atoms with Crippen molar-refractivity contribution in [2.75, 3.05) is 11.9 Å². The van der Waals surface area contributed by atoms with Gasteiger partial charge in [-0.3, -0.25) is 4.79 Å². The summed E-state index contributed by atoms with van der Waals surface area (Å²) in [7, 11) is 0. The minimum absolute atomic E-state index is 0.00209. The summed E-state index contributed by atoms with van der Waals surface area (Å²) in [5, 5.41) is 5.28. The van der Waals surface area contributed by atoms with Gasteiger partial charge in [-0.05, 0) is 27.4 Å². The maximum atomic E-state index is 11.4. The van der Waals surface area contributed by atoms with Crippen molar-refractivity contribution in [3.05, 3.63) is 43.5 Å². The molecular formula is C12H14BrN3OS. The van der Waals surface area contributed by atoms with E-state index in [0.29, 0.717) is 16.8 Å². The summed E-state index contributed by atoms with van der Waals surface area (Å²) in [4.78, 5) is 19.3. The van der Waals surface area contributed by atoms with Gasteiger partial charge in [0.25, 0.3) is 5.56 Å². The summed E-state index contributed by atoms with van der Waals surface area (Å²) in [5.41, 5.74) is -0.181. The van der Waals surface area contributed by atoms with Gasteiger partial charge < -0.3 is 10.3 Å². The van der Waals surface area contributed by atoms with Crippen LogP contribution in [0, 0.1) is 0 Å². The molecule has 18 heavy (non-hydrogen) atoms. The van der Waals surface area contributed by atoms with Crippen LogP contribution in [0.1, 0.15) is 18.7 Å². The molecule has 2 aromatic heterocycles. The zero-order valence-corrected chi connectivity index (χ0v) is 12.6. The van der Waals surface area contributed by atoms with Gasteiger partial charge in [0.2, 0.25) is 0 Å². The van der Waals surface area contributed by atoms with Gasteiger partial charge in [0, 0.05) is 16.8 Å². The number of aromatic amines is 1. The second-order valence-electron chi connectivity index (χ2n) is 4.61. The molecule has 2 rings (SSSR count). The van der Waals surface area contributed by atoms with Crippen LogP contribution in [0.25, 0.3) is 0 Å². The normalized spacial score (nSPS) is 11.5. The summed E-state index contributed by atoms with van der Waals surface area (Å²) in [5.74, 6) is 0.573. The van der Waals surface area contributed by atoms with E-state index < -0.39 is 0 Å². The Hall–Kier alpha value is -1.14. The average molecular weight is 328 g/mol. The number of nitrogens with one attached hydrogen (secondary N) is 2. The predicted molar refractivity (Wildman–Crippen MR) is 78.4 cm³/mol. The molecule has 6 heteroatoms. The number of halogens is 1. The average Bonchev–Trinajstić information content (AvgIpc) is 2.85. The van der Waals surface area contributed by atoms with E-state index in [1.807, 2.05) is 6.07 Å². The van der Waals surface area contributed by atoms with Crippen LogP contribution in [0.15, 0.2) is 33.1 Å². The fourth-order valence-corrected chi connectivity index (χ4v) is 2.77. The molecule has 0 spiro atoms. The molecule has 2 N–H and O–H groups in total. The number of H-pyrrole nitrogens is 1. The molecule has 0 bridgehead atoms. The van der Waals surface area contributed by atoms with Crippen molar-refractivity contribution >= 4 is 33.1 Å². The van der Waals surface area contributed by atoms with Gasteiger partial charge in [0.15, 0.2) is 0 Å². The molecule has 0 amide bonds. The van der Waals surface area contributed by atoms with Crippen LogP contribution >= 0.6 is 27.3 Å². The minimum atomic E-state index is -0.179. The Morgan fingerprint density at radius 2 is 2.33 bits per heavy atom. The Kier molecular flexibility index (Phi) is 3.87. The van der Waals surface area contributed by atoms with Crippen molar-refractivity contribution in [1.29, 1.82) is 0 Å². The maximum absolute atomic E-state index is 11.4. The van der Waals surface area contributed by atoms with Crippen molar-refractivity contribution < 1.29 is 0 Å². The number of aromatic nitrogens is 2. The van der Waals surface area contributed by atoms with E-state index in [0.717, 1.165) is 0 Å². The Morgan fingerprint density at radius 3 is 3.00 bits per heavy atom. The van der Waals surface area contributed by atoms with E-state index in [2.05, 4.69) is 56.5 Å². The van der Waals surface area contributed by atoms with Crippen LogP contribution in [-0.2, 0) is 5.41 Å². The van der Waals surface area contributed by atoms with E-state index >= 15 is 0 Å². The molecule has 96 valence electrons. The quantitative estimate of drug-likeness (QED) is 0.907. The van der Waals surface area contributed by atoms with Crippen molar-refractivity contribution in [3.8, 4) is 0 Å². The van der Waals surface area contributed by atoms with Crippen molar-refractivity contribution in [1.82, 2.24) is 9.97 Å². The highest BCUT2D eigenvalue weighted by Crippen LogP contribution is 2.28. The lowest BCUT2D eigenvalue weighted by atomic mass is 9.91. The molecular weight excluding hydrogens is 314 g/mol. The summed E-state index contributed by atoms with van der Waals surface area (Å²) >= 11 is 4.96. The van der Waals surface area contributed by atoms with Crippen molar-refractivity contribution in [2.24, 2.45) is 0 Å². The van der Waals surface area contributed by atoms with Crippen LogP contribution in [0.2, 0.25) is 0 Å². The molecule has 4 nitrogen and oxygen atoms in total. The van der Waals surface area contributed by atoms with E-state index in [1.54, 1.807) is 11.3 Å². The van der Waals surface area contributed by atoms with Crippen LogP contribution in [-0.4, -0.2) is 16.5 Å². The predicted octanol–water partition coefficient (Wildman–Crippen LogP) is 2.98. The number of anilines is 1. The van der Waals surface area contributed by atoms with Gasteiger partial charge in [0.1, 0.15) is 10.3 Å². The molecule has 0 aromatic carbocycles. The van der Waals surface area contributed by atoms with E-state index in [9.17, 15) is 4.79 Å². The van der Waals surface area contributed by atoms with Crippen molar-refractivity contribution in [3.63, 3.8) is 0 Å². The zero-order valence-electron chi connectivity index (χ0n) is 10.2. The third-order valence-electron chi connectivity index (χ3n) is 2.68. The molecule has 0 saturated heterocycles. The lowest BCUT2D eigenvalue weighted by Gasteiger charge is -2.24. The fourth-order valence-electron chi connectivity index (χ4n) is 1.56.